The van der Waals surface area contributed by atoms with Gasteiger partial charge in [-0.1, -0.05) is 27.5 Å². The fourth-order valence-electron chi connectivity index (χ4n) is 1.24. The van der Waals surface area contributed by atoms with E-state index in [0.29, 0.717) is 10.6 Å². The second-order valence-electron chi connectivity index (χ2n) is 3.60. The minimum Gasteiger partial charge on any atom is -0.352 e. The Bertz CT molecular complexity index is 548. The van der Waals surface area contributed by atoms with Crippen LogP contribution in [0.4, 0.5) is 0 Å². The van der Waals surface area contributed by atoms with Crippen LogP contribution in [0.3, 0.4) is 0 Å². The van der Waals surface area contributed by atoms with Gasteiger partial charge in [-0.15, -0.1) is 0 Å². The van der Waals surface area contributed by atoms with Crippen molar-refractivity contribution in [3.05, 3.63) is 33.3 Å². The van der Waals surface area contributed by atoms with Crippen LogP contribution in [-0.2, 0) is 10.0 Å². The number of benzene rings is 1. The van der Waals surface area contributed by atoms with Crippen molar-refractivity contribution in [2.75, 3.05) is 12.3 Å². The molecule has 18 heavy (non-hydrogen) atoms. The summed E-state index contributed by atoms with van der Waals surface area (Å²) in [7, 11) is -3.48. The summed E-state index contributed by atoms with van der Waals surface area (Å²) in [4.78, 5) is 11.7. The fraction of sp³-hybridized carbons (Fsp3) is 0.300. The predicted molar refractivity (Wildman–Crippen MR) is 74.1 cm³/mol. The molecule has 0 saturated carbocycles. The lowest BCUT2D eigenvalue weighted by molar-refractivity contribution is 0.0954. The third-order valence-corrected chi connectivity index (χ3v) is 3.73. The van der Waals surface area contributed by atoms with Gasteiger partial charge in [0, 0.05) is 11.0 Å². The number of carbonyl (C=O) groups excluding carboxylic acids is 1. The molecular weight excluding hydrogens is 344 g/mol. The van der Waals surface area contributed by atoms with E-state index in [4.69, 9.17) is 16.7 Å². The summed E-state index contributed by atoms with van der Waals surface area (Å²) in [6.07, 6.45) is 0.263. The molecule has 0 unspecified atom stereocenters. The van der Waals surface area contributed by atoms with E-state index < -0.39 is 10.0 Å². The van der Waals surface area contributed by atoms with Crippen LogP contribution in [0.5, 0.6) is 0 Å². The van der Waals surface area contributed by atoms with Crippen LogP contribution in [-0.4, -0.2) is 26.6 Å². The first-order valence-corrected chi connectivity index (χ1v) is 7.92. The molecule has 100 valence electrons. The highest BCUT2D eigenvalue weighted by molar-refractivity contribution is 9.10. The van der Waals surface area contributed by atoms with E-state index in [0.717, 1.165) is 4.47 Å². The summed E-state index contributed by atoms with van der Waals surface area (Å²) in [5.74, 6) is -0.511. The number of carbonyl (C=O) groups is 1. The van der Waals surface area contributed by atoms with Crippen molar-refractivity contribution >= 4 is 43.5 Å². The molecule has 0 heterocycles. The van der Waals surface area contributed by atoms with E-state index in [2.05, 4.69) is 21.2 Å². The molecule has 8 heteroatoms. The van der Waals surface area contributed by atoms with Crippen LogP contribution >= 0.6 is 27.5 Å². The van der Waals surface area contributed by atoms with Crippen LogP contribution in [0, 0.1) is 0 Å². The third-order valence-electron chi connectivity index (χ3n) is 2.07. The van der Waals surface area contributed by atoms with Gasteiger partial charge in [0.05, 0.1) is 16.3 Å². The zero-order valence-corrected chi connectivity index (χ0v) is 12.5. The smallest absolute Gasteiger partial charge is 0.252 e. The maximum atomic E-state index is 11.7. The van der Waals surface area contributed by atoms with Gasteiger partial charge in [-0.05, 0) is 24.6 Å². The minimum atomic E-state index is -3.48. The lowest BCUT2D eigenvalue weighted by atomic mass is 10.2. The number of primary sulfonamides is 1. The molecule has 0 saturated heterocycles. The highest BCUT2D eigenvalue weighted by atomic mass is 79.9. The fourth-order valence-corrected chi connectivity index (χ4v) is 2.55. The van der Waals surface area contributed by atoms with E-state index in [1.165, 1.54) is 0 Å². The van der Waals surface area contributed by atoms with Crippen molar-refractivity contribution in [1.82, 2.24) is 5.32 Å². The Balaban J connectivity index is 2.51. The maximum absolute atomic E-state index is 11.7. The zero-order chi connectivity index (χ0) is 13.8. The highest BCUT2D eigenvalue weighted by Gasteiger charge is 2.10. The normalized spacial score (nSPS) is 11.3. The first-order valence-electron chi connectivity index (χ1n) is 5.03. The Labute approximate surface area is 119 Å². The van der Waals surface area contributed by atoms with Gasteiger partial charge < -0.3 is 5.32 Å². The van der Waals surface area contributed by atoms with Crippen LogP contribution in [0.25, 0.3) is 0 Å². The van der Waals surface area contributed by atoms with Gasteiger partial charge in [0.25, 0.3) is 5.91 Å². The Morgan fingerprint density at radius 2 is 2.11 bits per heavy atom. The summed E-state index contributed by atoms with van der Waals surface area (Å²) in [5, 5.41) is 7.74. The molecule has 1 aromatic carbocycles. The molecule has 0 atom stereocenters. The SMILES string of the molecule is NS(=O)(=O)CCCNC(=O)c1ccc(Br)cc1Cl. The minimum absolute atomic E-state index is 0.165. The molecule has 0 spiro atoms. The monoisotopic (exact) mass is 354 g/mol. The molecule has 0 aliphatic rings. The Morgan fingerprint density at radius 3 is 2.67 bits per heavy atom. The summed E-state index contributed by atoms with van der Waals surface area (Å²) < 4.78 is 22.1. The summed E-state index contributed by atoms with van der Waals surface area (Å²) in [6, 6.07) is 4.90. The number of amides is 1. The second-order valence-corrected chi connectivity index (χ2v) is 6.66. The number of nitrogens with one attached hydrogen (secondary N) is 1. The molecule has 0 bridgehead atoms. The summed E-state index contributed by atoms with van der Waals surface area (Å²) in [5.41, 5.74) is 0.343. The van der Waals surface area contributed by atoms with Crippen molar-refractivity contribution in [3.8, 4) is 0 Å². The number of sulfonamides is 1. The zero-order valence-electron chi connectivity index (χ0n) is 9.32. The van der Waals surface area contributed by atoms with Crippen LogP contribution in [0.15, 0.2) is 22.7 Å². The van der Waals surface area contributed by atoms with Crippen LogP contribution in [0.2, 0.25) is 5.02 Å². The Hall–Kier alpha value is -0.630. The lowest BCUT2D eigenvalue weighted by Crippen LogP contribution is -2.27. The van der Waals surface area contributed by atoms with Crippen molar-refractivity contribution in [2.45, 2.75) is 6.42 Å². The maximum Gasteiger partial charge on any atom is 0.252 e. The van der Waals surface area contributed by atoms with Gasteiger partial charge in [-0.3, -0.25) is 4.79 Å². The highest BCUT2D eigenvalue weighted by Crippen LogP contribution is 2.21. The largest absolute Gasteiger partial charge is 0.352 e. The number of halogens is 2. The molecule has 1 amide bonds. The average Bonchev–Trinajstić information content (AvgIpc) is 2.22. The van der Waals surface area contributed by atoms with Crippen LogP contribution in [0.1, 0.15) is 16.8 Å². The van der Waals surface area contributed by atoms with Crippen molar-refractivity contribution in [2.24, 2.45) is 5.14 Å². The van der Waals surface area contributed by atoms with Gasteiger partial charge >= 0.3 is 0 Å². The van der Waals surface area contributed by atoms with Crippen molar-refractivity contribution in [3.63, 3.8) is 0 Å². The average molecular weight is 356 g/mol. The van der Waals surface area contributed by atoms with Gasteiger partial charge in [0.2, 0.25) is 10.0 Å². The third kappa shape index (κ3) is 5.34. The molecule has 3 N–H and O–H groups in total. The van der Waals surface area contributed by atoms with Gasteiger partial charge in [-0.25, -0.2) is 13.6 Å². The number of rotatable bonds is 5. The Kier molecular flexibility index (Phi) is 5.58. The van der Waals surface area contributed by atoms with E-state index in [1.54, 1.807) is 18.2 Å². The number of hydrogen-bond acceptors (Lipinski definition) is 3. The first kappa shape index (κ1) is 15.4. The molecular formula is C10H12BrClN2O3S. The molecule has 1 aromatic rings. The van der Waals surface area contributed by atoms with Gasteiger partial charge in [0.1, 0.15) is 0 Å². The molecule has 0 fully saturated rings. The van der Waals surface area contributed by atoms with Crippen LogP contribution < -0.4 is 10.5 Å². The quantitative estimate of drug-likeness (QED) is 0.785. The molecule has 0 radical (unpaired) electrons. The van der Waals surface area contributed by atoms with Crippen molar-refractivity contribution < 1.29 is 13.2 Å². The second kappa shape index (κ2) is 6.51. The number of hydrogen-bond donors (Lipinski definition) is 2. The standard InChI is InChI=1S/C10H12BrClN2O3S/c11-7-2-3-8(9(12)6-7)10(15)14-4-1-5-18(13,16)17/h2-3,6H,1,4-5H2,(H,14,15)(H2,13,16,17). The lowest BCUT2D eigenvalue weighted by Gasteiger charge is -2.06. The molecule has 5 nitrogen and oxygen atoms in total. The van der Waals surface area contributed by atoms with Gasteiger partial charge in [0.15, 0.2) is 0 Å². The van der Waals surface area contributed by atoms with E-state index in [1.807, 2.05) is 0 Å². The van der Waals surface area contributed by atoms with E-state index >= 15 is 0 Å². The number of nitrogens with two attached hydrogens (primary N) is 1. The molecule has 1 rings (SSSR count). The summed E-state index contributed by atoms with van der Waals surface area (Å²) in [6.45, 7) is 0.224. The van der Waals surface area contributed by atoms with Gasteiger partial charge in [-0.2, -0.15) is 0 Å². The topological polar surface area (TPSA) is 89.3 Å². The van der Waals surface area contributed by atoms with Crippen molar-refractivity contribution in [1.29, 1.82) is 0 Å². The summed E-state index contributed by atoms with van der Waals surface area (Å²) >= 11 is 9.14. The molecule has 0 aromatic heterocycles. The van der Waals surface area contributed by atoms with E-state index in [9.17, 15) is 13.2 Å². The van der Waals surface area contributed by atoms with E-state index in [-0.39, 0.29) is 24.6 Å². The first-order chi connectivity index (χ1) is 8.29. The Morgan fingerprint density at radius 1 is 1.44 bits per heavy atom. The predicted octanol–water partition coefficient (Wildman–Crippen LogP) is 1.51. The molecule has 0 aliphatic carbocycles. The molecule has 0 aliphatic heterocycles.